The smallest absolute Gasteiger partial charge is 0.125 e. The highest BCUT2D eigenvalue weighted by molar-refractivity contribution is 5.84. The first-order valence-electron chi connectivity index (χ1n) is 6.49. The average molecular weight is 239 g/mol. The fourth-order valence-corrected chi connectivity index (χ4v) is 2.94. The molecule has 0 aliphatic carbocycles. The number of nitriles is 1. The number of aryl methyl sites for hydroxylation is 1. The van der Waals surface area contributed by atoms with Crippen LogP contribution in [0.2, 0.25) is 0 Å². The number of likely N-dealkylation sites (tertiary alicyclic amines) is 1. The number of fused-ring (bicyclic) bond motifs is 1. The second-order valence-corrected chi connectivity index (χ2v) is 4.99. The van der Waals surface area contributed by atoms with Crippen LogP contribution in [0.1, 0.15) is 24.4 Å². The van der Waals surface area contributed by atoms with E-state index >= 15 is 0 Å². The highest BCUT2D eigenvalue weighted by Crippen LogP contribution is 2.31. The number of nitrogens with zero attached hydrogens (tertiary/aromatic N) is 3. The van der Waals surface area contributed by atoms with Crippen molar-refractivity contribution in [3.8, 4) is 6.07 Å². The number of benzene rings is 1. The molecule has 0 radical (unpaired) electrons. The summed E-state index contributed by atoms with van der Waals surface area (Å²) in [5.74, 6) is 0. The number of rotatable bonds is 2. The first-order chi connectivity index (χ1) is 8.81. The van der Waals surface area contributed by atoms with Gasteiger partial charge in [0.15, 0.2) is 0 Å². The van der Waals surface area contributed by atoms with Gasteiger partial charge in [-0.1, -0.05) is 18.2 Å². The summed E-state index contributed by atoms with van der Waals surface area (Å²) in [5.41, 5.74) is 2.35. The molecule has 3 heteroatoms. The Morgan fingerprint density at radius 1 is 1.22 bits per heavy atom. The molecule has 0 N–H and O–H groups in total. The van der Waals surface area contributed by atoms with Gasteiger partial charge in [0.05, 0.1) is 6.07 Å². The number of hydrogen-bond acceptors (Lipinski definition) is 2. The third kappa shape index (κ3) is 1.70. The zero-order valence-electron chi connectivity index (χ0n) is 10.6. The average Bonchev–Trinajstić information content (AvgIpc) is 3.01. The van der Waals surface area contributed by atoms with Gasteiger partial charge < -0.3 is 4.57 Å². The highest BCUT2D eigenvalue weighted by atomic mass is 15.2. The van der Waals surface area contributed by atoms with Gasteiger partial charge in [-0.25, -0.2) is 0 Å². The van der Waals surface area contributed by atoms with E-state index in [0.717, 1.165) is 18.7 Å². The summed E-state index contributed by atoms with van der Waals surface area (Å²) in [6.07, 6.45) is 4.53. The second-order valence-electron chi connectivity index (χ2n) is 4.99. The molecule has 1 atom stereocenters. The molecule has 1 unspecified atom stereocenters. The molecule has 1 aromatic carbocycles. The van der Waals surface area contributed by atoms with Crippen LogP contribution in [-0.2, 0) is 7.05 Å². The molecule has 3 rings (SSSR count). The quantitative estimate of drug-likeness (QED) is 0.807. The molecular formula is C15H17N3. The zero-order valence-corrected chi connectivity index (χ0v) is 10.6. The summed E-state index contributed by atoms with van der Waals surface area (Å²) < 4.78 is 2.12. The van der Waals surface area contributed by atoms with Gasteiger partial charge in [0.25, 0.3) is 0 Å². The van der Waals surface area contributed by atoms with Crippen molar-refractivity contribution in [1.29, 1.82) is 5.26 Å². The van der Waals surface area contributed by atoms with Gasteiger partial charge in [0.2, 0.25) is 0 Å². The van der Waals surface area contributed by atoms with E-state index in [1.54, 1.807) is 0 Å². The fourth-order valence-electron chi connectivity index (χ4n) is 2.94. The lowest BCUT2D eigenvalue weighted by molar-refractivity contribution is 0.295. The van der Waals surface area contributed by atoms with Gasteiger partial charge in [-0.15, -0.1) is 0 Å². The molecule has 18 heavy (non-hydrogen) atoms. The van der Waals surface area contributed by atoms with Crippen molar-refractivity contribution < 1.29 is 0 Å². The number of para-hydroxylation sites is 1. The van der Waals surface area contributed by atoms with Crippen LogP contribution >= 0.6 is 0 Å². The normalized spacial score (nSPS) is 18.0. The lowest BCUT2D eigenvalue weighted by Crippen LogP contribution is -2.24. The van der Waals surface area contributed by atoms with Crippen LogP contribution in [0.5, 0.6) is 0 Å². The molecule has 2 aromatic rings. The maximum Gasteiger partial charge on any atom is 0.125 e. The Labute approximate surface area is 107 Å². The standard InChI is InChI=1S/C15H17N3/c1-17-11-13(12-6-2-3-7-14(12)17)15(10-16)18-8-4-5-9-18/h2-3,6-7,11,15H,4-5,8-9H2,1H3. The minimum Gasteiger partial charge on any atom is -0.350 e. The molecular weight excluding hydrogens is 222 g/mol. The molecule has 1 aromatic heterocycles. The molecule has 0 bridgehead atoms. The van der Waals surface area contributed by atoms with Crippen molar-refractivity contribution in [2.75, 3.05) is 13.1 Å². The fraction of sp³-hybridized carbons (Fsp3) is 0.400. The van der Waals surface area contributed by atoms with Gasteiger partial charge in [0.1, 0.15) is 6.04 Å². The predicted octanol–water partition coefficient (Wildman–Crippen LogP) is 2.84. The van der Waals surface area contributed by atoms with E-state index < -0.39 is 0 Å². The third-order valence-electron chi connectivity index (χ3n) is 3.85. The Morgan fingerprint density at radius 3 is 2.67 bits per heavy atom. The SMILES string of the molecule is Cn1cc(C(C#N)N2CCCC2)c2ccccc21. The van der Waals surface area contributed by atoms with Crippen LogP contribution < -0.4 is 0 Å². The van der Waals surface area contributed by atoms with E-state index in [-0.39, 0.29) is 6.04 Å². The van der Waals surface area contributed by atoms with Crippen LogP contribution in [0.4, 0.5) is 0 Å². The maximum absolute atomic E-state index is 9.51. The molecule has 0 amide bonds. The van der Waals surface area contributed by atoms with Crippen molar-refractivity contribution >= 4 is 10.9 Å². The molecule has 1 aliphatic heterocycles. The lowest BCUT2D eigenvalue weighted by Gasteiger charge is -2.20. The van der Waals surface area contributed by atoms with Crippen molar-refractivity contribution in [3.63, 3.8) is 0 Å². The minimum atomic E-state index is -0.0985. The van der Waals surface area contributed by atoms with Gasteiger partial charge in [-0.3, -0.25) is 4.90 Å². The summed E-state index contributed by atoms with van der Waals surface area (Å²) in [4.78, 5) is 2.29. The summed E-state index contributed by atoms with van der Waals surface area (Å²) in [6, 6.07) is 10.7. The monoisotopic (exact) mass is 239 g/mol. The van der Waals surface area contributed by atoms with Crippen molar-refractivity contribution in [2.24, 2.45) is 7.05 Å². The van der Waals surface area contributed by atoms with E-state index in [2.05, 4.69) is 33.9 Å². The molecule has 1 saturated heterocycles. The van der Waals surface area contributed by atoms with E-state index in [1.807, 2.05) is 19.2 Å². The molecule has 0 saturated carbocycles. The van der Waals surface area contributed by atoms with Crippen LogP contribution in [0, 0.1) is 11.3 Å². The van der Waals surface area contributed by atoms with Gasteiger partial charge in [-0.05, 0) is 32.0 Å². The topological polar surface area (TPSA) is 32.0 Å². The molecule has 1 aliphatic rings. The Hall–Kier alpha value is -1.79. The molecule has 1 fully saturated rings. The van der Waals surface area contributed by atoms with Gasteiger partial charge >= 0.3 is 0 Å². The Morgan fingerprint density at radius 2 is 1.94 bits per heavy atom. The summed E-state index contributed by atoms with van der Waals surface area (Å²) >= 11 is 0. The first-order valence-corrected chi connectivity index (χ1v) is 6.49. The summed E-state index contributed by atoms with van der Waals surface area (Å²) in [6.45, 7) is 2.09. The molecule has 2 heterocycles. The first kappa shape index (κ1) is 11.3. The Bertz CT molecular complexity index is 600. The molecule has 92 valence electrons. The summed E-state index contributed by atoms with van der Waals surface area (Å²) in [7, 11) is 2.05. The number of hydrogen-bond donors (Lipinski definition) is 0. The zero-order chi connectivity index (χ0) is 12.5. The minimum absolute atomic E-state index is 0.0985. The van der Waals surface area contributed by atoms with Gasteiger partial charge in [0, 0.05) is 29.7 Å². The van der Waals surface area contributed by atoms with E-state index in [1.165, 1.54) is 23.7 Å². The van der Waals surface area contributed by atoms with Crippen LogP contribution in [0.3, 0.4) is 0 Å². The van der Waals surface area contributed by atoms with Crippen molar-refractivity contribution in [2.45, 2.75) is 18.9 Å². The second kappa shape index (κ2) is 4.47. The van der Waals surface area contributed by atoms with E-state index in [4.69, 9.17) is 0 Å². The Kier molecular flexibility index (Phi) is 2.81. The summed E-state index contributed by atoms with van der Waals surface area (Å²) in [5, 5.41) is 10.7. The van der Waals surface area contributed by atoms with Crippen LogP contribution in [0.25, 0.3) is 10.9 Å². The Balaban J connectivity index is 2.10. The van der Waals surface area contributed by atoms with E-state index in [0.29, 0.717) is 0 Å². The molecule has 0 spiro atoms. The largest absolute Gasteiger partial charge is 0.350 e. The third-order valence-corrected chi connectivity index (χ3v) is 3.85. The lowest BCUT2D eigenvalue weighted by atomic mass is 10.1. The van der Waals surface area contributed by atoms with Crippen LogP contribution in [-0.4, -0.2) is 22.6 Å². The molecule has 3 nitrogen and oxygen atoms in total. The van der Waals surface area contributed by atoms with Crippen LogP contribution in [0.15, 0.2) is 30.5 Å². The highest BCUT2D eigenvalue weighted by Gasteiger charge is 2.25. The van der Waals surface area contributed by atoms with E-state index in [9.17, 15) is 5.26 Å². The van der Waals surface area contributed by atoms with Gasteiger partial charge in [-0.2, -0.15) is 5.26 Å². The van der Waals surface area contributed by atoms with Crippen molar-refractivity contribution in [3.05, 3.63) is 36.0 Å². The van der Waals surface area contributed by atoms with Crippen molar-refractivity contribution in [1.82, 2.24) is 9.47 Å². The predicted molar refractivity (Wildman–Crippen MR) is 72.1 cm³/mol. The maximum atomic E-state index is 9.51. The number of aromatic nitrogens is 1.